The van der Waals surface area contributed by atoms with Crippen LogP contribution in [0.3, 0.4) is 0 Å². The van der Waals surface area contributed by atoms with Crippen LogP contribution in [-0.2, 0) is 9.59 Å². The maximum absolute atomic E-state index is 11.8. The molecule has 1 unspecified atom stereocenters. The molecule has 2 N–H and O–H groups in total. The van der Waals surface area contributed by atoms with Crippen molar-refractivity contribution in [2.45, 2.75) is 27.2 Å². The highest BCUT2D eigenvalue weighted by atomic mass is 16.4. The fraction of sp³-hybridized carbons (Fsp3) is 0.615. The molecule has 1 fully saturated rings. The maximum atomic E-state index is 11.8. The van der Waals surface area contributed by atoms with Crippen LogP contribution in [0.1, 0.15) is 27.2 Å². The Bertz CT molecular complexity index is 409. The van der Waals surface area contributed by atoms with Gasteiger partial charge in [-0.25, -0.2) is 9.59 Å². The van der Waals surface area contributed by atoms with Gasteiger partial charge in [-0.05, 0) is 17.8 Å². The molecule has 1 saturated heterocycles. The van der Waals surface area contributed by atoms with E-state index in [1.807, 2.05) is 0 Å². The van der Waals surface area contributed by atoms with Gasteiger partial charge in [0, 0.05) is 25.2 Å². The van der Waals surface area contributed by atoms with Crippen molar-refractivity contribution in [2.75, 3.05) is 13.1 Å². The van der Waals surface area contributed by atoms with Crippen molar-refractivity contribution in [2.24, 2.45) is 11.3 Å². The average molecular weight is 268 g/mol. The minimum atomic E-state index is -1.23. The van der Waals surface area contributed by atoms with Crippen LogP contribution in [0.4, 0.5) is 4.79 Å². The van der Waals surface area contributed by atoms with Crippen molar-refractivity contribution in [3.8, 4) is 0 Å². The molecule has 6 heteroatoms. The minimum Gasteiger partial charge on any atom is -0.478 e. The number of carbonyl (C=O) groups is 3. The zero-order chi connectivity index (χ0) is 14.6. The minimum absolute atomic E-state index is 0.127. The van der Waals surface area contributed by atoms with Gasteiger partial charge in [0.2, 0.25) is 0 Å². The van der Waals surface area contributed by atoms with Crippen LogP contribution in [0.2, 0.25) is 0 Å². The van der Waals surface area contributed by atoms with E-state index in [-0.39, 0.29) is 5.41 Å². The molecule has 106 valence electrons. The number of carbonyl (C=O) groups excluding carboxylic acids is 2. The smallest absolute Gasteiger partial charge is 0.328 e. The normalized spacial score (nSPS) is 19.7. The van der Waals surface area contributed by atoms with Crippen LogP contribution in [0.15, 0.2) is 12.2 Å². The lowest BCUT2D eigenvalue weighted by Crippen LogP contribution is -2.41. The first kappa shape index (κ1) is 15.2. The summed E-state index contributed by atoms with van der Waals surface area (Å²) in [6.45, 7) is 7.61. The molecule has 0 saturated carbocycles. The van der Waals surface area contributed by atoms with Crippen molar-refractivity contribution < 1.29 is 19.5 Å². The van der Waals surface area contributed by atoms with Crippen molar-refractivity contribution in [1.29, 1.82) is 0 Å². The van der Waals surface area contributed by atoms with E-state index in [1.165, 1.54) is 0 Å². The topological polar surface area (TPSA) is 86.7 Å². The van der Waals surface area contributed by atoms with Gasteiger partial charge in [-0.3, -0.25) is 10.1 Å². The summed E-state index contributed by atoms with van der Waals surface area (Å²) < 4.78 is 0. The number of nitrogens with zero attached hydrogens (tertiary/aromatic N) is 1. The lowest BCUT2D eigenvalue weighted by Gasteiger charge is -2.26. The summed E-state index contributed by atoms with van der Waals surface area (Å²) in [5.74, 6) is -1.54. The molecular formula is C13H20N2O4. The highest BCUT2D eigenvalue weighted by Crippen LogP contribution is 2.33. The molecule has 1 rings (SSSR count). The van der Waals surface area contributed by atoms with Gasteiger partial charge in [-0.1, -0.05) is 20.8 Å². The van der Waals surface area contributed by atoms with Gasteiger partial charge >= 0.3 is 12.0 Å². The van der Waals surface area contributed by atoms with Gasteiger partial charge in [0.15, 0.2) is 0 Å². The Balaban J connectivity index is 2.48. The van der Waals surface area contributed by atoms with E-state index < -0.39 is 17.9 Å². The van der Waals surface area contributed by atoms with E-state index in [0.717, 1.165) is 12.5 Å². The second-order valence-electron chi connectivity index (χ2n) is 5.76. The predicted octanol–water partition coefficient (Wildman–Crippen LogP) is 1.23. The Labute approximate surface area is 112 Å². The number of likely N-dealkylation sites (tertiary alicyclic amines) is 1. The van der Waals surface area contributed by atoms with Crippen LogP contribution in [0.25, 0.3) is 0 Å². The van der Waals surface area contributed by atoms with Crippen molar-refractivity contribution in [1.82, 2.24) is 10.2 Å². The molecule has 19 heavy (non-hydrogen) atoms. The Morgan fingerprint density at radius 1 is 1.26 bits per heavy atom. The number of urea groups is 1. The SMILES string of the molecule is CC(C)(C)C1CCN(C(=O)NC(=O)/C=C/C(=O)O)C1. The summed E-state index contributed by atoms with van der Waals surface area (Å²) in [5.41, 5.74) is 0.127. The summed E-state index contributed by atoms with van der Waals surface area (Å²) in [7, 11) is 0. The number of amides is 3. The van der Waals surface area contributed by atoms with E-state index >= 15 is 0 Å². The molecule has 0 spiro atoms. The number of nitrogens with one attached hydrogen (secondary N) is 1. The standard InChI is InChI=1S/C13H20N2O4/c1-13(2,3)9-6-7-15(8-9)12(19)14-10(16)4-5-11(17)18/h4-5,9H,6-8H2,1-3H3,(H,17,18)(H,14,16,19)/b5-4+. The van der Waals surface area contributed by atoms with E-state index in [0.29, 0.717) is 25.1 Å². The number of hydrogen-bond donors (Lipinski definition) is 2. The first-order chi connectivity index (χ1) is 8.70. The Morgan fingerprint density at radius 2 is 1.89 bits per heavy atom. The summed E-state index contributed by atoms with van der Waals surface area (Å²) in [6, 6.07) is -0.466. The van der Waals surface area contributed by atoms with Crippen molar-refractivity contribution >= 4 is 17.9 Å². The third-order valence-corrected chi connectivity index (χ3v) is 3.31. The number of carboxylic acids is 1. The fourth-order valence-electron chi connectivity index (χ4n) is 2.02. The van der Waals surface area contributed by atoms with Crippen LogP contribution >= 0.6 is 0 Å². The summed E-state index contributed by atoms with van der Waals surface area (Å²) >= 11 is 0. The quantitative estimate of drug-likeness (QED) is 0.737. The molecule has 0 bridgehead atoms. The van der Waals surface area contributed by atoms with E-state index in [2.05, 4.69) is 26.1 Å². The van der Waals surface area contributed by atoms with Crippen LogP contribution in [-0.4, -0.2) is 41.0 Å². The molecular weight excluding hydrogens is 248 g/mol. The average Bonchev–Trinajstić information content (AvgIpc) is 2.75. The van der Waals surface area contributed by atoms with Gasteiger partial charge in [-0.15, -0.1) is 0 Å². The number of hydrogen-bond acceptors (Lipinski definition) is 3. The van der Waals surface area contributed by atoms with Gasteiger partial charge in [0.1, 0.15) is 0 Å². The second-order valence-corrected chi connectivity index (χ2v) is 5.76. The first-order valence-electron chi connectivity index (χ1n) is 6.21. The predicted molar refractivity (Wildman–Crippen MR) is 69.4 cm³/mol. The number of aliphatic carboxylic acids is 1. The number of rotatable bonds is 2. The summed E-state index contributed by atoms with van der Waals surface area (Å²) in [4.78, 5) is 34.9. The largest absolute Gasteiger partial charge is 0.478 e. The van der Waals surface area contributed by atoms with E-state index in [1.54, 1.807) is 4.90 Å². The van der Waals surface area contributed by atoms with Crippen LogP contribution < -0.4 is 5.32 Å². The van der Waals surface area contributed by atoms with E-state index in [4.69, 9.17) is 5.11 Å². The van der Waals surface area contributed by atoms with Crippen molar-refractivity contribution in [3.63, 3.8) is 0 Å². The Kier molecular flexibility index (Phi) is 4.69. The van der Waals surface area contributed by atoms with Crippen LogP contribution in [0, 0.1) is 11.3 Å². The Hall–Kier alpha value is -1.85. The van der Waals surface area contributed by atoms with Crippen molar-refractivity contribution in [3.05, 3.63) is 12.2 Å². The summed E-state index contributed by atoms with van der Waals surface area (Å²) in [6.07, 6.45) is 2.44. The molecule has 0 aromatic carbocycles. The van der Waals surface area contributed by atoms with E-state index in [9.17, 15) is 14.4 Å². The third kappa shape index (κ3) is 4.73. The Morgan fingerprint density at radius 3 is 2.37 bits per heavy atom. The molecule has 1 aliphatic rings. The fourth-order valence-corrected chi connectivity index (χ4v) is 2.02. The highest BCUT2D eigenvalue weighted by molar-refractivity contribution is 6.02. The highest BCUT2D eigenvalue weighted by Gasteiger charge is 2.34. The number of imide groups is 1. The molecule has 0 aromatic rings. The molecule has 0 aromatic heterocycles. The van der Waals surface area contributed by atoms with Crippen LogP contribution in [0.5, 0.6) is 0 Å². The zero-order valence-corrected chi connectivity index (χ0v) is 11.5. The van der Waals surface area contributed by atoms with Gasteiger partial charge in [0.05, 0.1) is 0 Å². The third-order valence-electron chi connectivity index (χ3n) is 3.31. The molecule has 0 radical (unpaired) electrons. The molecule has 1 aliphatic heterocycles. The second kappa shape index (κ2) is 5.86. The molecule has 6 nitrogen and oxygen atoms in total. The van der Waals surface area contributed by atoms with Gasteiger partial charge in [-0.2, -0.15) is 0 Å². The summed E-state index contributed by atoms with van der Waals surface area (Å²) in [5, 5.41) is 10.5. The molecule has 0 aliphatic carbocycles. The van der Waals surface area contributed by atoms with Gasteiger partial charge in [0.25, 0.3) is 5.91 Å². The lowest BCUT2D eigenvalue weighted by atomic mass is 9.80. The monoisotopic (exact) mass is 268 g/mol. The lowest BCUT2D eigenvalue weighted by molar-refractivity contribution is -0.131. The number of carboxylic acid groups (broad SMARTS) is 1. The van der Waals surface area contributed by atoms with Gasteiger partial charge < -0.3 is 10.0 Å². The zero-order valence-electron chi connectivity index (χ0n) is 11.5. The first-order valence-corrected chi connectivity index (χ1v) is 6.21. The molecule has 1 heterocycles. The maximum Gasteiger partial charge on any atom is 0.328 e. The molecule has 1 atom stereocenters. The molecule has 3 amide bonds.